The van der Waals surface area contributed by atoms with Gasteiger partial charge in [-0.1, -0.05) is 110 Å². The number of hydrogen-bond acceptors (Lipinski definition) is 10. The summed E-state index contributed by atoms with van der Waals surface area (Å²) in [5.74, 6) is 0.644. The van der Waals surface area contributed by atoms with Gasteiger partial charge in [0.1, 0.15) is 5.75 Å². The highest BCUT2D eigenvalue weighted by Crippen LogP contribution is 2.43. The van der Waals surface area contributed by atoms with Gasteiger partial charge in [0, 0.05) is 23.8 Å². The minimum Gasteiger partial charge on any atom is -0.508 e. The summed E-state index contributed by atoms with van der Waals surface area (Å²) in [6.45, 7) is 2.19. The lowest BCUT2D eigenvalue weighted by Crippen LogP contribution is -2.38. The summed E-state index contributed by atoms with van der Waals surface area (Å²) in [5, 5.41) is 32.2. The molecule has 5 aromatic carbocycles. The molecule has 7 rings (SSSR count). The maximum Gasteiger partial charge on any atom is 0.240 e. The normalized spacial score (nSPS) is 19.0. The highest BCUT2D eigenvalue weighted by molar-refractivity contribution is 7.99. The van der Waals surface area contributed by atoms with Crippen LogP contribution in [0.1, 0.15) is 41.6 Å². The van der Waals surface area contributed by atoms with E-state index in [0.29, 0.717) is 10.9 Å². The van der Waals surface area contributed by atoms with Crippen LogP contribution in [0.25, 0.3) is 16.8 Å². The van der Waals surface area contributed by atoms with Gasteiger partial charge in [-0.3, -0.25) is 0 Å². The summed E-state index contributed by atoms with van der Waals surface area (Å²) < 4.78 is 43.5. The smallest absolute Gasteiger partial charge is 0.240 e. The second-order valence-electron chi connectivity index (χ2n) is 12.4. The van der Waals surface area contributed by atoms with E-state index >= 15 is 0 Å². The number of sulfonamides is 1. The van der Waals surface area contributed by atoms with Crippen LogP contribution in [0, 0.1) is 5.92 Å². The number of aliphatic hydroxyl groups excluding tert-OH is 1. The van der Waals surface area contributed by atoms with Crippen LogP contribution < -0.4 is 4.72 Å². The number of hydrogen-bond donors (Lipinski definition) is 3. The second kappa shape index (κ2) is 15.8. The fourth-order valence-electron chi connectivity index (χ4n) is 6.12. The Morgan fingerprint density at radius 3 is 2.25 bits per heavy atom. The number of phenols is 1. The van der Waals surface area contributed by atoms with E-state index in [4.69, 9.17) is 9.47 Å². The third kappa shape index (κ3) is 7.94. The maximum atomic E-state index is 12.9. The standard InChI is InChI=1S/C39H37N5O6S2/c1-26-36(25-51-39-41-42-43-44(39)32-19-21-33(46)22-20-32)49-38(50-37(26)29-13-11-27(24-45)12-14-29)30-17-15-28(16-18-30)35-10-6-5-7-31(35)23-40-52(47,48)34-8-3-2-4-9-34/h2-22,26,36-38,40,45-46H,23-25H2,1H3/t26-,36+,37+,38+/m1/s1. The molecular formula is C39H37N5O6S2. The predicted molar refractivity (Wildman–Crippen MR) is 197 cm³/mol. The number of phenolic OH excluding ortho intramolecular Hbond substituents is 1. The van der Waals surface area contributed by atoms with Gasteiger partial charge in [-0.05, 0) is 74.6 Å². The van der Waals surface area contributed by atoms with E-state index in [1.54, 1.807) is 59.3 Å². The fourth-order valence-corrected chi connectivity index (χ4v) is 8.20. The van der Waals surface area contributed by atoms with Crippen LogP contribution in [0.4, 0.5) is 0 Å². The highest BCUT2D eigenvalue weighted by atomic mass is 32.2. The van der Waals surface area contributed by atoms with Crippen molar-refractivity contribution in [3.63, 3.8) is 0 Å². The Bertz CT molecular complexity index is 2200. The first-order valence-corrected chi connectivity index (χ1v) is 19.2. The molecule has 1 aliphatic heterocycles. The lowest BCUT2D eigenvalue weighted by atomic mass is 9.91. The van der Waals surface area contributed by atoms with Crippen LogP contribution in [0.15, 0.2) is 137 Å². The van der Waals surface area contributed by atoms with Crippen LogP contribution in [0.5, 0.6) is 5.75 Å². The summed E-state index contributed by atoms with van der Waals surface area (Å²) in [6.07, 6.45) is -1.24. The molecule has 0 aliphatic carbocycles. The van der Waals surface area contributed by atoms with Gasteiger partial charge >= 0.3 is 0 Å². The van der Waals surface area contributed by atoms with E-state index in [0.717, 1.165) is 39.1 Å². The average Bonchev–Trinajstić information content (AvgIpc) is 3.66. The van der Waals surface area contributed by atoms with Crippen molar-refractivity contribution >= 4 is 21.8 Å². The number of nitrogens with zero attached hydrogens (tertiary/aromatic N) is 4. The summed E-state index contributed by atoms with van der Waals surface area (Å²) in [5.41, 5.74) is 6.02. The Labute approximate surface area is 306 Å². The molecule has 0 unspecified atom stereocenters. The Morgan fingerprint density at radius 2 is 1.52 bits per heavy atom. The van der Waals surface area contributed by atoms with E-state index < -0.39 is 16.3 Å². The van der Waals surface area contributed by atoms with Crippen molar-refractivity contribution in [3.05, 3.63) is 150 Å². The molecule has 52 heavy (non-hydrogen) atoms. The Morgan fingerprint density at radius 1 is 0.827 bits per heavy atom. The van der Waals surface area contributed by atoms with Crippen LogP contribution in [0.3, 0.4) is 0 Å². The minimum absolute atomic E-state index is 0.0452. The van der Waals surface area contributed by atoms with E-state index in [1.807, 2.05) is 72.8 Å². The highest BCUT2D eigenvalue weighted by Gasteiger charge is 2.38. The lowest BCUT2D eigenvalue weighted by molar-refractivity contribution is -0.268. The molecule has 1 saturated heterocycles. The Kier molecular flexibility index (Phi) is 10.8. The zero-order valence-corrected chi connectivity index (χ0v) is 29.8. The summed E-state index contributed by atoms with van der Waals surface area (Å²) >= 11 is 1.47. The predicted octanol–water partition coefficient (Wildman–Crippen LogP) is 6.59. The first kappa shape index (κ1) is 35.5. The van der Waals surface area contributed by atoms with Gasteiger partial charge in [0.05, 0.1) is 29.4 Å². The van der Waals surface area contributed by atoms with E-state index in [-0.39, 0.29) is 41.9 Å². The molecule has 4 atom stereocenters. The van der Waals surface area contributed by atoms with Crippen LogP contribution in [-0.2, 0) is 32.6 Å². The first-order valence-electron chi connectivity index (χ1n) is 16.7. The van der Waals surface area contributed by atoms with E-state index in [2.05, 4.69) is 27.2 Å². The first-order chi connectivity index (χ1) is 25.3. The van der Waals surface area contributed by atoms with Gasteiger partial charge in [0.2, 0.25) is 15.2 Å². The van der Waals surface area contributed by atoms with Crippen molar-refractivity contribution in [3.8, 4) is 22.6 Å². The van der Waals surface area contributed by atoms with Gasteiger partial charge < -0.3 is 19.7 Å². The van der Waals surface area contributed by atoms with Crippen LogP contribution >= 0.6 is 11.8 Å². The van der Waals surface area contributed by atoms with E-state index in [9.17, 15) is 18.6 Å². The number of nitrogens with one attached hydrogen (secondary N) is 1. The number of benzene rings is 5. The summed E-state index contributed by atoms with van der Waals surface area (Å²) in [7, 11) is -3.68. The van der Waals surface area contributed by atoms with Crippen LogP contribution in [-0.4, -0.2) is 50.7 Å². The number of ether oxygens (including phenoxy) is 2. The molecule has 0 radical (unpaired) electrons. The zero-order valence-electron chi connectivity index (χ0n) is 28.2. The van der Waals surface area contributed by atoms with Crippen molar-refractivity contribution in [2.75, 3.05) is 5.75 Å². The quantitative estimate of drug-likeness (QED) is 0.118. The fraction of sp³-hybridized carbons (Fsp3) is 0.205. The van der Waals surface area contributed by atoms with Crippen LogP contribution in [0.2, 0.25) is 0 Å². The molecule has 0 bridgehead atoms. The molecule has 2 heterocycles. The largest absolute Gasteiger partial charge is 0.508 e. The van der Waals surface area contributed by atoms with Crippen molar-refractivity contribution in [2.24, 2.45) is 5.92 Å². The number of rotatable bonds is 12. The molecule has 6 aromatic rings. The third-order valence-electron chi connectivity index (χ3n) is 9.05. The molecule has 3 N–H and O–H groups in total. The van der Waals surface area contributed by atoms with Crippen molar-refractivity contribution in [1.29, 1.82) is 0 Å². The van der Waals surface area contributed by atoms with Gasteiger partial charge in [-0.2, -0.15) is 4.68 Å². The SMILES string of the molecule is C[C@@H]1[C@H](CSc2nnnn2-c2ccc(O)cc2)O[C@H](c2ccc(-c3ccccc3CNS(=O)(=O)c3ccccc3)cc2)O[C@@H]1c1ccc(CO)cc1. The number of thioether (sulfide) groups is 1. The molecular weight excluding hydrogens is 699 g/mol. The molecule has 1 aromatic heterocycles. The van der Waals surface area contributed by atoms with Gasteiger partial charge in [-0.25, -0.2) is 13.1 Å². The zero-order chi connectivity index (χ0) is 36.1. The van der Waals surface area contributed by atoms with Crippen molar-refractivity contribution in [1.82, 2.24) is 24.9 Å². The van der Waals surface area contributed by atoms with Gasteiger partial charge in [-0.15, -0.1) is 5.10 Å². The van der Waals surface area contributed by atoms with E-state index in [1.165, 1.54) is 11.8 Å². The lowest BCUT2D eigenvalue weighted by Gasteiger charge is -2.41. The summed E-state index contributed by atoms with van der Waals surface area (Å²) in [4.78, 5) is 0.217. The molecule has 1 fully saturated rings. The van der Waals surface area contributed by atoms with Gasteiger partial charge in [0.25, 0.3) is 0 Å². The van der Waals surface area contributed by atoms with Gasteiger partial charge in [0.15, 0.2) is 6.29 Å². The number of aromatic nitrogens is 4. The number of tetrazole rings is 1. The molecule has 1 aliphatic rings. The monoisotopic (exact) mass is 735 g/mol. The Hall–Kier alpha value is -4.89. The molecule has 0 amide bonds. The molecule has 266 valence electrons. The Balaban J connectivity index is 1.11. The minimum atomic E-state index is -3.68. The second-order valence-corrected chi connectivity index (χ2v) is 15.2. The van der Waals surface area contributed by atoms with Crippen molar-refractivity contribution in [2.45, 2.75) is 48.6 Å². The molecule has 13 heteroatoms. The van der Waals surface area contributed by atoms with Crippen molar-refractivity contribution < 1.29 is 28.1 Å². The third-order valence-corrected chi connectivity index (χ3v) is 11.5. The number of aliphatic hydroxyl groups is 1. The average molecular weight is 736 g/mol. The topological polar surface area (TPSA) is 149 Å². The molecule has 11 nitrogen and oxygen atoms in total. The molecule has 0 saturated carbocycles. The number of aromatic hydroxyl groups is 1. The summed E-state index contributed by atoms with van der Waals surface area (Å²) in [6, 6.07) is 38.4. The maximum absolute atomic E-state index is 12.9. The molecule has 0 spiro atoms.